The first-order valence-corrected chi connectivity index (χ1v) is 8.25. The smallest absolute Gasteiger partial charge is 0.161 e. The number of aryl methyl sites for hydroxylation is 1. The molecule has 1 aliphatic heterocycles. The number of anilines is 1. The fourth-order valence-electron chi connectivity index (χ4n) is 2.96. The van der Waals surface area contributed by atoms with E-state index < -0.39 is 0 Å². The highest BCUT2D eigenvalue weighted by Gasteiger charge is 2.34. The molecule has 0 aromatic carbocycles. The van der Waals surface area contributed by atoms with Crippen LogP contribution < -0.4 is 5.32 Å². The number of aromatic nitrogens is 2. The van der Waals surface area contributed by atoms with E-state index in [0.29, 0.717) is 5.41 Å². The van der Waals surface area contributed by atoms with Crippen molar-refractivity contribution in [2.75, 3.05) is 17.6 Å². The fourth-order valence-corrected chi connectivity index (χ4v) is 4.13. The van der Waals surface area contributed by atoms with E-state index in [2.05, 4.69) is 17.3 Å². The molecule has 2 heterocycles. The van der Waals surface area contributed by atoms with E-state index in [4.69, 9.17) is 4.99 Å². The van der Waals surface area contributed by atoms with Crippen LogP contribution >= 0.6 is 11.8 Å². The highest BCUT2D eigenvalue weighted by Crippen LogP contribution is 2.41. The predicted octanol–water partition coefficient (Wildman–Crippen LogP) is 3.37. The summed E-state index contributed by atoms with van der Waals surface area (Å²) in [6, 6.07) is 0. The van der Waals surface area contributed by atoms with Gasteiger partial charge in [0.1, 0.15) is 0 Å². The fraction of sp³-hybridized carbons (Fsp3) is 0.714. The highest BCUT2D eigenvalue weighted by atomic mass is 32.2. The van der Waals surface area contributed by atoms with Crippen LogP contribution in [0.15, 0.2) is 17.4 Å². The Balaban J connectivity index is 1.61. The van der Waals surface area contributed by atoms with Crippen LogP contribution in [0.4, 0.5) is 5.69 Å². The number of aliphatic imine (C=N–C) groups is 1. The zero-order valence-electron chi connectivity index (χ0n) is 11.6. The molecule has 0 atom stereocenters. The Morgan fingerprint density at radius 1 is 1.37 bits per heavy atom. The third-order valence-corrected chi connectivity index (χ3v) is 5.46. The molecular formula is C14H22N4S. The summed E-state index contributed by atoms with van der Waals surface area (Å²) in [6.07, 6.45) is 10.8. The lowest BCUT2D eigenvalue weighted by atomic mass is 9.75. The molecule has 5 heteroatoms. The molecular weight excluding hydrogens is 256 g/mol. The molecule has 0 radical (unpaired) electrons. The number of thioether (sulfide) groups is 1. The van der Waals surface area contributed by atoms with Gasteiger partial charge in [0.2, 0.25) is 0 Å². The molecule has 1 aliphatic carbocycles. The zero-order chi connectivity index (χ0) is 13.1. The van der Waals surface area contributed by atoms with Crippen LogP contribution in [0.5, 0.6) is 0 Å². The van der Waals surface area contributed by atoms with Crippen molar-refractivity contribution in [3.63, 3.8) is 0 Å². The van der Waals surface area contributed by atoms with Crippen molar-refractivity contribution in [3.05, 3.63) is 12.4 Å². The molecule has 0 bridgehead atoms. The standard InChI is InChI=1S/C14H22N4S/c1-2-18-9-12(8-16-18)17-13-15-10-14(11-19-13)6-4-3-5-7-14/h8-9H,2-7,10-11H2,1H3,(H,15,17). The van der Waals surface area contributed by atoms with Crippen LogP contribution in [0.25, 0.3) is 0 Å². The second-order valence-electron chi connectivity index (χ2n) is 5.68. The SMILES string of the molecule is CCn1cc(NC2=NCC3(CCCCC3)CS2)cn1. The average molecular weight is 278 g/mol. The number of hydrogen-bond acceptors (Lipinski definition) is 4. The molecule has 0 amide bonds. The average Bonchev–Trinajstić information content (AvgIpc) is 2.90. The topological polar surface area (TPSA) is 42.2 Å². The maximum absolute atomic E-state index is 4.77. The van der Waals surface area contributed by atoms with Gasteiger partial charge in [0.05, 0.1) is 11.9 Å². The first kappa shape index (κ1) is 13.0. The van der Waals surface area contributed by atoms with Gasteiger partial charge in [0.25, 0.3) is 0 Å². The van der Waals surface area contributed by atoms with Gasteiger partial charge in [-0.15, -0.1) is 0 Å². The second-order valence-corrected chi connectivity index (χ2v) is 6.64. The summed E-state index contributed by atoms with van der Waals surface area (Å²) in [5, 5.41) is 8.72. The molecule has 19 heavy (non-hydrogen) atoms. The number of amidine groups is 1. The predicted molar refractivity (Wildman–Crippen MR) is 81.8 cm³/mol. The molecule has 1 aromatic rings. The Morgan fingerprint density at radius 3 is 2.84 bits per heavy atom. The van der Waals surface area contributed by atoms with Gasteiger partial charge >= 0.3 is 0 Å². The van der Waals surface area contributed by atoms with Gasteiger partial charge in [-0.25, -0.2) is 0 Å². The molecule has 1 saturated carbocycles. The number of rotatable bonds is 2. The van der Waals surface area contributed by atoms with Crippen LogP contribution in [0.1, 0.15) is 39.0 Å². The Labute approximate surface area is 119 Å². The Kier molecular flexibility index (Phi) is 3.82. The van der Waals surface area contributed by atoms with E-state index in [1.54, 1.807) is 0 Å². The molecule has 1 fully saturated rings. The quantitative estimate of drug-likeness (QED) is 0.902. The van der Waals surface area contributed by atoms with Gasteiger partial charge in [-0.2, -0.15) is 5.10 Å². The first-order chi connectivity index (χ1) is 9.30. The van der Waals surface area contributed by atoms with E-state index in [1.165, 1.54) is 37.9 Å². The molecule has 1 aromatic heterocycles. The summed E-state index contributed by atoms with van der Waals surface area (Å²) < 4.78 is 1.93. The lowest BCUT2D eigenvalue weighted by Crippen LogP contribution is -2.35. The van der Waals surface area contributed by atoms with Crippen LogP contribution in [-0.4, -0.2) is 27.2 Å². The maximum Gasteiger partial charge on any atom is 0.161 e. The Bertz CT molecular complexity index is 460. The van der Waals surface area contributed by atoms with Crippen LogP contribution in [-0.2, 0) is 6.54 Å². The van der Waals surface area contributed by atoms with E-state index >= 15 is 0 Å². The van der Waals surface area contributed by atoms with Gasteiger partial charge < -0.3 is 5.32 Å². The minimum atomic E-state index is 0.502. The minimum absolute atomic E-state index is 0.502. The number of hydrogen-bond donors (Lipinski definition) is 1. The normalized spacial score (nSPS) is 22.3. The summed E-state index contributed by atoms with van der Waals surface area (Å²) in [7, 11) is 0. The molecule has 0 unspecified atom stereocenters. The highest BCUT2D eigenvalue weighted by molar-refractivity contribution is 8.14. The van der Waals surface area contributed by atoms with Crippen molar-refractivity contribution in [2.24, 2.45) is 10.4 Å². The van der Waals surface area contributed by atoms with Crippen LogP contribution in [0.3, 0.4) is 0 Å². The molecule has 3 rings (SSSR count). The van der Waals surface area contributed by atoms with Crippen molar-refractivity contribution in [1.82, 2.24) is 9.78 Å². The van der Waals surface area contributed by atoms with E-state index in [1.807, 2.05) is 28.8 Å². The van der Waals surface area contributed by atoms with Gasteiger partial charge in [-0.05, 0) is 25.2 Å². The lowest BCUT2D eigenvalue weighted by molar-refractivity contribution is 0.232. The third kappa shape index (κ3) is 2.96. The monoisotopic (exact) mass is 278 g/mol. The largest absolute Gasteiger partial charge is 0.332 e. The molecule has 2 aliphatic rings. The van der Waals surface area contributed by atoms with Crippen molar-refractivity contribution < 1.29 is 0 Å². The summed E-state index contributed by atoms with van der Waals surface area (Å²) in [5.41, 5.74) is 1.55. The first-order valence-electron chi connectivity index (χ1n) is 7.26. The lowest BCUT2D eigenvalue weighted by Gasteiger charge is -2.38. The van der Waals surface area contributed by atoms with Crippen molar-refractivity contribution in [2.45, 2.75) is 45.6 Å². The third-order valence-electron chi connectivity index (χ3n) is 4.20. The summed E-state index contributed by atoms with van der Waals surface area (Å²) >= 11 is 1.88. The van der Waals surface area contributed by atoms with E-state index in [-0.39, 0.29) is 0 Å². The molecule has 1 N–H and O–H groups in total. The zero-order valence-corrected chi connectivity index (χ0v) is 12.4. The van der Waals surface area contributed by atoms with E-state index in [9.17, 15) is 0 Å². The van der Waals surface area contributed by atoms with Gasteiger partial charge in [0.15, 0.2) is 5.17 Å². The number of nitrogens with one attached hydrogen (secondary N) is 1. The molecule has 0 saturated heterocycles. The van der Waals surface area contributed by atoms with Crippen molar-refractivity contribution in [1.29, 1.82) is 0 Å². The molecule has 4 nitrogen and oxygen atoms in total. The molecule has 1 spiro atoms. The number of nitrogens with zero attached hydrogens (tertiary/aromatic N) is 3. The molecule has 104 valence electrons. The van der Waals surface area contributed by atoms with Crippen LogP contribution in [0.2, 0.25) is 0 Å². The Hall–Kier alpha value is -0.970. The Morgan fingerprint density at radius 2 is 2.21 bits per heavy atom. The maximum atomic E-state index is 4.77. The van der Waals surface area contributed by atoms with Gasteiger partial charge in [-0.3, -0.25) is 9.67 Å². The summed E-state index contributed by atoms with van der Waals surface area (Å²) in [4.78, 5) is 4.77. The summed E-state index contributed by atoms with van der Waals surface area (Å²) in [5.74, 6) is 1.22. The van der Waals surface area contributed by atoms with Crippen molar-refractivity contribution >= 4 is 22.6 Å². The summed E-state index contributed by atoms with van der Waals surface area (Å²) in [6.45, 7) is 4.01. The van der Waals surface area contributed by atoms with Crippen LogP contribution in [0, 0.1) is 5.41 Å². The minimum Gasteiger partial charge on any atom is -0.332 e. The second kappa shape index (κ2) is 5.57. The van der Waals surface area contributed by atoms with Gasteiger partial charge in [-0.1, -0.05) is 31.0 Å². The van der Waals surface area contributed by atoms with Gasteiger partial charge in [0, 0.05) is 25.0 Å². The van der Waals surface area contributed by atoms with E-state index in [0.717, 1.165) is 23.9 Å². The van der Waals surface area contributed by atoms with Crippen molar-refractivity contribution in [3.8, 4) is 0 Å².